The lowest BCUT2D eigenvalue weighted by Crippen LogP contribution is -2.40. The van der Waals surface area contributed by atoms with E-state index in [2.05, 4.69) is 4.98 Å². The van der Waals surface area contributed by atoms with Gasteiger partial charge < -0.3 is 9.47 Å². The van der Waals surface area contributed by atoms with Crippen LogP contribution in [0.4, 0.5) is 0 Å². The number of carbonyl (C=O) groups excluding carboxylic acids is 1. The summed E-state index contributed by atoms with van der Waals surface area (Å²) in [7, 11) is -3.32. The van der Waals surface area contributed by atoms with Crippen molar-refractivity contribution in [3.8, 4) is 0 Å². The fraction of sp³-hybridized carbons (Fsp3) is 0.375. The maximum atomic E-state index is 12.7. The molecule has 2 heterocycles. The van der Waals surface area contributed by atoms with Gasteiger partial charge in [0, 0.05) is 37.3 Å². The molecule has 3 rings (SSSR count). The molecule has 6 nitrogen and oxygen atoms in total. The van der Waals surface area contributed by atoms with E-state index in [1.165, 1.54) is 12.1 Å². The summed E-state index contributed by atoms with van der Waals surface area (Å²) in [5.41, 5.74) is 0.416. The predicted octanol–water partition coefficient (Wildman–Crippen LogP) is 1.76. The Morgan fingerprint density at radius 2 is 2.17 bits per heavy atom. The van der Waals surface area contributed by atoms with Gasteiger partial charge in [-0.15, -0.1) is 0 Å². The maximum absolute atomic E-state index is 12.7. The Morgan fingerprint density at radius 3 is 2.87 bits per heavy atom. The van der Waals surface area contributed by atoms with E-state index in [1.54, 1.807) is 29.6 Å². The molecule has 0 spiro atoms. The zero-order valence-corrected chi connectivity index (χ0v) is 13.7. The minimum Gasteiger partial charge on any atom is -0.337 e. The van der Waals surface area contributed by atoms with Crippen LogP contribution in [0.3, 0.4) is 0 Å². The van der Waals surface area contributed by atoms with Crippen molar-refractivity contribution in [2.24, 2.45) is 0 Å². The number of sulfone groups is 1. The highest BCUT2D eigenvalue weighted by atomic mass is 32.2. The average Bonchev–Trinajstić information content (AvgIpc) is 3.08. The van der Waals surface area contributed by atoms with Crippen molar-refractivity contribution in [3.63, 3.8) is 0 Å². The molecule has 7 heteroatoms. The molecule has 1 aliphatic rings. The predicted molar refractivity (Wildman–Crippen MR) is 86.0 cm³/mol. The van der Waals surface area contributed by atoms with Gasteiger partial charge in [0.05, 0.1) is 17.3 Å². The largest absolute Gasteiger partial charge is 0.337 e. The SMILES string of the molecule is CS(=O)(=O)c1cccc(C(=O)N2CCC[C@H](n3ccnc3)C2)c1. The molecule has 1 aromatic carbocycles. The van der Waals surface area contributed by atoms with Crippen LogP contribution in [0.15, 0.2) is 47.9 Å². The molecule has 1 saturated heterocycles. The van der Waals surface area contributed by atoms with Gasteiger partial charge in [0.25, 0.3) is 5.91 Å². The maximum Gasteiger partial charge on any atom is 0.253 e. The molecule has 0 bridgehead atoms. The zero-order chi connectivity index (χ0) is 16.4. The van der Waals surface area contributed by atoms with Crippen molar-refractivity contribution < 1.29 is 13.2 Å². The van der Waals surface area contributed by atoms with Crippen LogP contribution in [0.2, 0.25) is 0 Å². The number of carbonyl (C=O) groups is 1. The van der Waals surface area contributed by atoms with Gasteiger partial charge in [-0.1, -0.05) is 6.07 Å². The van der Waals surface area contributed by atoms with Gasteiger partial charge >= 0.3 is 0 Å². The molecule has 0 N–H and O–H groups in total. The summed E-state index contributed by atoms with van der Waals surface area (Å²) < 4.78 is 25.3. The van der Waals surface area contributed by atoms with Crippen molar-refractivity contribution in [1.29, 1.82) is 0 Å². The van der Waals surface area contributed by atoms with Crippen molar-refractivity contribution in [2.45, 2.75) is 23.8 Å². The Labute approximate surface area is 135 Å². The van der Waals surface area contributed by atoms with Crippen LogP contribution in [0, 0.1) is 0 Å². The molecule has 1 aliphatic heterocycles. The monoisotopic (exact) mass is 333 g/mol. The summed E-state index contributed by atoms with van der Waals surface area (Å²) in [5, 5.41) is 0. The second kappa shape index (κ2) is 6.16. The summed E-state index contributed by atoms with van der Waals surface area (Å²) in [6, 6.07) is 6.46. The van der Waals surface area contributed by atoms with E-state index >= 15 is 0 Å². The number of hydrogen-bond acceptors (Lipinski definition) is 4. The fourth-order valence-electron chi connectivity index (χ4n) is 2.91. The smallest absolute Gasteiger partial charge is 0.253 e. The second-order valence-corrected chi connectivity index (χ2v) is 7.87. The topological polar surface area (TPSA) is 72.3 Å². The molecule has 0 radical (unpaired) electrons. The molecular weight excluding hydrogens is 314 g/mol. The highest BCUT2D eigenvalue weighted by Gasteiger charge is 2.25. The number of rotatable bonds is 3. The normalized spacial score (nSPS) is 18.8. The van der Waals surface area contributed by atoms with E-state index in [1.807, 2.05) is 10.8 Å². The highest BCUT2D eigenvalue weighted by Crippen LogP contribution is 2.23. The minimum absolute atomic E-state index is 0.125. The van der Waals surface area contributed by atoms with Gasteiger partial charge in [-0.2, -0.15) is 0 Å². The van der Waals surface area contributed by atoms with Crippen LogP contribution in [0.25, 0.3) is 0 Å². The van der Waals surface area contributed by atoms with E-state index in [0.717, 1.165) is 19.1 Å². The Bertz CT molecular complexity index is 800. The average molecular weight is 333 g/mol. The standard InChI is InChI=1S/C16H19N3O3S/c1-23(21,22)15-6-2-4-13(10-15)16(20)18-8-3-5-14(11-18)19-9-7-17-12-19/h2,4,6-7,9-10,12,14H,3,5,8,11H2,1H3/t14-/m0/s1. The quantitative estimate of drug-likeness (QED) is 0.858. The zero-order valence-electron chi connectivity index (χ0n) is 12.9. The van der Waals surface area contributed by atoms with Crippen LogP contribution in [0.5, 0.6) is 0 Å². The van der Waals surface area contributed by atoms with Crippen molar-refractivity contribution in [2.75, 3.05) is 19.3 Å². The summed E-state index contributed by atoms with van der Waals surface area (Å²) in [5.74, 6) is -0.125. The third-order valence-corrected chi connectivity index (χ3v) is 5.25. The number of amides is 1. The van der Waals surface area contributed by atoms with E-state index < -0.39 is 9.84 Å². The van der Waals surface area contributed by atoms with Gasteiger partial charge in [-0.3, -0.25) is 4.79 Å². The Morgan fingerprint density at radius 1 is 1.35 bits per heavy atom. The van der Waals surface area contributed by atoms with Gasteiger partial charge in [-0.25, -0.2) is 13.4 Å². The Hall–Kier alpha value is -2.15. The molecule has 1 aromatic heterocycles. The number of aromatic nitrogens is 2. The summed E-state index contributed by atoms with van der Waals surface area (Å²) in [4.78, 5) is 18.7. The van der Waals surface area contributed by atoms with Gasteiger partial charge in [0.15, 0.2) is 9.84 Å². The van der Waals surface area contributed by atoms with Crippen LogP contribution < -0.4 is 0 Å². The van der Waals surface area contributed by atoms with Gasteiger partial charge in [0.1, 0.15) is 0 Å². The van der Waals surface area contributed by atoms with Crippen molar-refractivity contribution in [3.05, 3.63) is 48.5 Å². The molecule has 1 atom stereocenters. The first-order valence-electron chi connectivity index (χ1n) is 7.52. The first kappa shape index (κ1) is 15.7. The number of hydrogen-bond donors (Lipinski definition) is 0. The number of nitrogens with zero attached hydrogens (tertiary/aromatic N) is 3. The molecule has 2 aromatic rings. The molecule has 0 saturated carbocycles. The molecule has 0 aliphatic carbocycles. The number of imidazole rings is 1. The molecular formula is C16H19N3O3S. The summed E-state index contributed by atoms with van der Waals surface area (Å²) in [6.07, 6.45) is 8.47. The van der Waals surface area contributed by atoms with E-state index in [-0.39, 0.29) is 16.8 Å². The van der Waals surface area contributed by atoms with Crippen LogP contribution in [0.1, 0.15) is 29.2 Å². The third kappa shape index (κ3) is 3.44. The van der Waals surface area contributed by atoms with Crippen molar-refractivity contribution >= 4 is 15.7 Å². The highest BCUT2D eigenvalue weighted by molar-refractivity contribution is 7.90. The number of piperidine rings is 1. The summed E-state index contributed by atoms with van der Waals surface area (Å²) in [6.45, 7) is 1.30. The molecule has 23 heavy (non-hydrogen) atoms. The Kier molecular flexibility index (Phi) is 4.21. The van der Waals surface area contributed by atoms with Crippen molar-refractivity contribution in [1.82, 2.24) is 14.5 Å². The lowest BCUT2D eigenvalue weighted by atomic mass is 10.0. The third-order valence-electron chi connectivity index (χ3n) is 4.14. The van der Waals surface area contributed by atoms with Gasteiger partial charge in [0.2, 0.25) is 0 Å². The number of likely N-dealkylation sites (tertiary alicyclic amines) is 1. The van der Waals surface area contributed by atoms with Crippen LogP contribution >= 0.6 is 0 Å². The lowest BCUT2D eigenvalue weighted by molar-refractivity contribution is 0.0679. The number of benzene rings is 1. The molecule has 1 fully saturated rings. The van der Waals surface area contributed by atoms with E-state index in [4.69, 9.17) is 0 Å². The first-order valence-corrected chi connectivity index (χ1v) is 9.41. The Balaban J connectivity index is 1.80. The van der Waals surface area contributed by atoms with E-state index in [0.29, 0.717) is 18.7 Å². The van der Waals surface area contributed by atoms with Crippen LogP contribution in [-0.4, -0.2) is 48.1 Å². The first-order chi connectivity index (χ1) is 10.9. The molecule has 122 valence electrons. The van der Waals surface area contributed by atoms with Crippen LogP contribution in [-0.2, 0) is 9.84 Å². The molecule has 0 unspecified atom stereocenters. The fourth-order valence-corrected chi connectivity index (χ4v) is 3.58. The van der Waals surface area contributed by atoms with E-state index in [9.17, 15) is 13.2 Å². The second-order valence-electron chi connectivity index (χ2n) is 5.86. The molecule has 1 amide bonds. The lowest BCUT2D eigenvalue weighted by Gasteiger charge is -2.33. The van der Waals surface area contributed by atoms with Gasteiger partial charge in [-0.05, 0) is 31.0 Å². The minimum atomic E-state index is -3.32. The summed E-state index contributed by atoms with van der Waals surface area (Å²) >= 11 is 0.